The van der Waals surface area contributed by atoms with Gasteiger partial charge in [0, 0.05) is 49.7 Å². The largest absolute Gasteiger partial charge is 0.455 e. The maximum absolute atomic E-state index is 6.59. The third kappa shape index (κ3) is 6.43. The molecule has 0 saturated heterocycles. The van der Waals surface area contributed by atoms with E-state index in [1.165, 1.54) is 82.4 Å². The van der Waals surface area contributed by atoms with Crippen LogP contribution in [0.25, 0.3) is 115 Å². The molecule has 0 radical (unpaired) electrons. The Bertz CT molecular complexity index is 4300. The van der Waals surface area contributed by atoms with Crippen molar-refractivity contribution in [2.75, 3.05) is 4.90 Å². The summed E-state index contributed by atoms with van der Waals surface area (Å²) in [6, 6.07) is 92.5. The lowest BCUT2D eigenvalue weighted by Gasteiger charge is -2.26. The molecule has 0 saturated carbocycles. The summed E-state index contributed by atoms with van der Waals surface area (Å²) >= 11 is 0. The highest BCUT2D eigenvalue weighted by Gasteiger charge is 2.19. The number of furan rings is 1. The van der Waals surface area contributed by atoms with Crippen LogP contribution < -0.4 is 4.90 Å². The van der Waals surface area contributed by atoms with E-state index in [4.69, 9.17) is 4.42 Å². The lowest BCUT2D eigenvalue weighted by atomic mass is 9.94. The van der Waals surface area contributed by atoms with E-state index in [1.54, 1.807) is 0 Å². The van der Waals surface area contributed by atoms with E-state index in [0.717, 1.165) is 49.8 Å². The normalized spacial score (nSPS) is 11.8. The summed E-state index contributed by atoms with van der Waals surface area (Å²) in [6.07, 6.45) is 0. The van der Waals surface area contributed by atoms with Gasteiger partial charge in [0.25, 0.3) is 0 Å². The van der Waals surface area contributed by atoms with Gasteiger partial charge < -0.3 is 13.9 Å². The number of anilines is 3. The summed E-state index contributed by atoms with van der Waals surface area (Å²) in [5.74, 6) is 0. The first-order valence-corrected chi connectivity index (χ1v) is 23.6. The Labute approximate surface area is 399 Å². The van der Waals surface area contributed by atoms with Crippen molar-refractivity contribution in [1.82, 2.24) is 4.57 Å². The Hall–Kier alpha value is -9.18. The van der Waals surface area contributed by atoms with E-state index in [-0.39, 0.29) is 0 Å². The molecule has 2 aromatic heterocycles. The third-order valence-electron chi connectivity index (χ3n) is 14.1. The van der Waals surface area contributed by atoms with Gasteiger partial charge in [0.1, 0.15) is 11.2 Å². The third-order valence-corrected chi connectivity index (χ3v) is 14.1. The summed E-state index contributed by atoms with van der Waals surface area (Å²) in [4.78, 5) is 2.38. The number of nitrogens with zero attached hydrogens (tertiary/aromatic N) is 2. The zero-order valence-electron chi connectivity index (χ0n) is 37.6. The molecule has 322 valence electrons. The van der Waals surface area contributed by atoms with Crippen molar-refractivity contribution in [3.8, 4) is 39.1 Å². The second kappa shape index (κ2) is 15.7. The highest BCUT2D eigenvalue weighted by Crippen LogP contribution is 2.43. The second-order valence-electron chi connectivity index (χ2n) is 18.1. The van der Waals surface area contributed by atoms with Crippen LogP contribution in [0.5, 0.6) is 0 Å². The Kier molecular flexibility index (Phi) is 8.90. The smallest absolute Gasteiger partial charge is 0.143 e. The van der Waals surface area contributed by atoms with Gasteiger partial charge in [-0.25, -0.2) is 0 Å². The van der Waals surface area contributed by atoms with E-state index in [2.05, 4.69) is 258 Å². The Morgan fingerprint density at radius 1 is 0.290 bits per heavy atom. The van der Waals surface area contributed by atoms with E-state index in [0.29, 0.717) is 0 Å². The first kappa shape index (κ1) is 39.0. The fourth-order valence-corrected chi connectivity index (χ4v) is 10.9. The highest BCUT2D eigenvalue weighted by atomic mass is 16.3. The van der Waals surface area contributed by atoms with Crippen LogP contribution in [0.3, 0.4) is 0 Å². The summed E-state index contributed by atoms with van der Waals surface area (Å²) in [7, 11) is 0. The Balaban J connectivity index is 0.879. The highest BCUT2D eigenvalue weighted by molar-refractivity contribution is 6.16. The van der Waals surface area contributed by atoms with Gasteiger partial charge in [0.05, 0.1) is 11.0 Å². The van der Waals surface area contributed by atoms with Gasteiger partial charge in [-0.3, -0.25) is 0 Å². The fraction of sp³-hybridized carbons (Fsp3) is 0. The predicted molar refractivity (Wildman–Crippen MR) is 292 cm³/mol. The molecule has 3 heteroatoms. The van der Waals surface area contributed by atoms with Crippen molar-refractivity contribution >= 4 is 93.1 Å². The molecular formula is C66H42N2O. The average molecular weight is 879 g/mol. The Morgan fingerprint density at radius 3 is 1.64 bits per heavy atom. The van der Waals surface area contributed by atoms with Gasteiger partial charge in [-0.05, 0) is 145 Å². The molecule has 0 aliphatic heterocycles. The molecule has 69 heavy (non-hydrogen) atoms. The van der Waals surface area contributed by atoms with Crippen LogP contribution in [0, 0.1) is 0 Å². The van der Waals surface area contributed by atoms with E-state index in [9.17, 15) is 0 Å². The Morgan fingerprint density at radius 2 is 0.826 bits per heavy atom. The van der Waals surface area contributed by atoms with Gasteiger partial charge >= 0.3 is 0 Å². The van der Waals surface area contributed by atoms with Crippen molar-refractivity contribution in [3.05, 3.63) is 255 Å². The summed E-state index contributed by atoms with van der Waals surface area (Å²) in [5, 5.41) is 11.8. The minimum absolute atomic E-state index is 0.899. The van der Waals surface area contributed by atoms with Crippen LogP contribution in [0.4, 0.5) is 17.1 Å². The minimum Gasteiger partial charge on any atom is -0.455 e. The number of fused-ring (bicyclic) bond motifs is 11. The standard InChI is InChI=1S/C66H42N2O/c1-3-13-43(14-4-1)54-17-7-8-18-55(54)44-25-31-51(32-26-44)67(53-33-27-45-28-36-60-59-20-10-12-22-65(59)69-66(60)61(45)42-53)52-34-37-57-49(40-52)24-23-48-39-46(29-35-56(48)57)47-30-38-64-62(41-47)58-19-9-11-21-63(58)68(64)50-15-5-2-6-16-50/h1-42H. The molecule has 2 heterocycles. The molecule has 3 nitrogen and oxygen atoms in total. The number of rotatable bonds is 7. The molecule has 0 fully saturated rings. The molecule has 0 spiro atoms. The number of hydrogen-bond acceptors (Lipinski definition) is 2. The molecule has 0 N–H and O–H groups in total. The summed E-state index contributed by atoms with van der Waals surface area (Å²) < 4.78 is 8.97. The van der Waals surface area contributed by atoms with Crippen LogP contribution in [-0.4, -0.2) is 4.57 Å². The zero-order chi connectivity index (χ0) is 45.4. The monoisotopic (exact) mass is 878 g/mol. The second-order valence-corrected chi connectivity index (χ2v) is 18.1. The topological polar surface area (TPSA) is 21.3 Å². The first-order valence-electron chi connectivity index (χ1n) is 23.6. The molecule has 12 aromatic carbocycles. The lowest BCUT2D eigenvalue weighted by molar-refractivity contribution is 0.672. The van der Waals surface area contributed by atoms with Gasteiger partial charge in [0.15, 0.2) is 0 Å². The van der Waals surface area contributed by atoms with Gasteiger partial charge in [-0.15, -0.1) is 0 Å². The van der Waals surface area contributed by atoms with Crippen molar-refractivity contribution in [3.63, 3.8) is 0 Å². The maximum Gasteiger partial charge on any atom is 0.143 e. The maximum atomic E-state index is 6.59. The molecule has 0 aliphatic carbocycles. The molecule has 14 rings (SSSR count). The fourth-order valence-electron chi connectivity index (χ4n) is 10.9. The van der Waals surface area contributed by atoms with Gasteiger partial charge in [-0.1, -0.05) is 170 Å². The van der Waals surface area contributed by atoms with Gasteiger partial charge in [-0.2, -0.15) is 0 Å². The number of para-hydroxylation sites is 3. The summed E-state index contributed by atoms with van der Waals surface area (Å²) in [6.45, 7) is 0. The van der Waals surface area contributed by atoms with Gasteiger partial charge in [0.2, 0.25) is 0 Å². The molecular weight excluding hydrogens is 837 g/mol. The molecule has 0 bridgehead atoms. The predicted octanol–water partition coefficient (Wildman–Crippen LogP) is 18.6. The van der Waals surface area contributed by atoms with Crippen molar-refractivity contribution in [2.45, 2.75) is 0 Å². The first-order chi connectivity index (χ1) is 34.2. The minimum atomic E-state index is 0.899. The number of hydrogen-bond donors (Lipinski definition) is 0. The average Bonchev–Trinajstić information content (AvgIpc) is 3.97. The number of aromatic nitrogens is 1. The number of benzene rings is 12. The SMILES string of the molecule is c1ccc(-c2ccccc2-c2ccc(N(c3ccc4c(ccc5cc(-c6ccc7c(c6)c6ccccc6n7-c6ccccc6)ccc54)c3)c3ccc4ccc5c6ccccc6oc5c4c3)cc2)cc1. The molecule has 0 aliphatic rings. The van der Waals surface area contributed by atoms with Crippen LogP contribution >= 0.6 is 0 Å². The lowest BCUT2D eigenvalue weighted by Crippen LogP contribution is -2.10. The van der Waals surface area contributed by atoms with Crippen LogP contribution in [0.1, 0.15) is 0 Å². The molecule has 0 unspecified atom stereocenters. The quantitative estimate of drug-likeness (QED) is 0.149. The van der Waals surface area contributed by atoms with Crippen molar-refractivity contribution < 1.29 is 4.42 Å². The van der Waals surface area contributed by atoms with E-state index in [1.807, 2.05) is 6.07 Å². The summed E-state index contributed by atoms with van der Waals surface area (Å²) in [5.41, 5.74) is 15.8. The van der Waals surface area contributed by atoms with Crippen LogP contribution in [0.15, 0.2) is 259 Å². The zero-order valence-corrected chi connectivity index (χ0v) is 37.6. The molecule has 0 amide bonds. The van der Waals surface area contributed by atoms with Crippen LogP contribution in [0.2, 0.25) is 0 Å². The van der Waals surface area contributed by atoms with Crippen molar-refractivity contribution in [1.29, 1.82) is 0 Å². The van der Waals surface area contributed by atoms with Crippen molar-refractivity contribution in [2.24, 2.45) is 0 Å². The van der Waals surface area contributed by atoms with E-state index < -0.39 is 0 Å². The molecule has 14 aromatic rings. The van der Waals surface area contributed by atoms with Crippen LogP contribution in [-0.2, 0) is 0 Å². The van der Waals surface area contributed by atoms with E-state index >= 15 is 0 Å². The molecule has 0 atom stereocenters.